The standard InChI is InChI=1S/C17H15BrCl2O2/c1-17(2,11-4-3-5-13(20)10-11)15(21)16(18)22-14-8-6-12(19)7-9-14/h3-10,16H,1-2H3. The third kappa shape index (κ3) is 4.03. The Morgan fingerprint density at radius 2 is 1.73 bits per heavy atom. The van der Waals surface area contributed by atoms with Crippen LogP contribution >= 0.6 is 39.1 Å². The van der Waals surface area contributed by atoms with Gasteiger partial charge in [-0.2, -0.15) is 0 Å². The smallest absolute Gasteiger partial charge is 0.211 e. The van der Waals surface area contributed by atoms with E-state index < -0.39 is 10.4 Å². The average Bonchev–Trinajstić information content (AvgIpc) is 2.48. The summed E-state index contributed by atoms with van der Waals surface area (Å²) in [6, 6.07) is 14.1. The van der Waals surface area contributed by atoms with Gasteiger partial charge in [-0.05, 0) is 71.7 Å². The molecular weight excluding hydrogens is 387 g/mol. The lowest BCUT2D eigenvalue weighted by Crippen LogP contribution is -2.37. The van der Waals surface area contributed by atoms with E-state index in [0.717, 1.165) is 5.56 Å². The van der Waals surface area contributed by atoms with Gasteiger partial charge in [-0.3, -0.25) is 4.79 Å². The van der Waals surface area contributed by atoms with Crippen LogP contribution in [0.2, 0.25) is 10.0 Å². The highest BCUT2D eigenvalue weighted by molar-refractivity contribution is 9.09. The molecule has 0 radical (unpaired) electrons. The van der Waals surface area contributed by atoms with Gasteiger partial charge in [-0.1, -0.05) is 35.3 Å². The molecule has 5 heteroatoms. The summed E-state index contributed by atoms with van der Waals surface area (Å²) >= 11 is 15.2. The number of halogens is 3. The molecule has 22 heavy (non-hydrogen) atoms. The van der Waals surface area contributed by atoms with E-state index in [4.69, 9.17) is 27.9 Å². The minimum Gasteiger partial charge on any atom is -0.471 e. The second kappa shape index (κ2) is 7.03. The van der Waals surface area contributed by atoms with Gasteiger partial charge in [0.2, 0.25) is 5.01 Å². The van der Waals surface area contributed by atoms with E-state index in [0.29, 0.717) is 15.8 Å². The van der Waals surface area contributed by atoms with Gasteiger partial charge in [0, 0.05) is 10.0 Å². The van der Waals surface area contributed by atoms with Gasteiger partial charge in [0.25, 0.3) is 0 Å². The van der Waals surface area contributed by atoms with Gasteiger partial charge in [0.15, 0.2) is 5.78 Å². The molecule has 0 saturated heterocycles. The van der Waals surface area contributed by atoms with Gasteiger partial charge in [-0.15, -0.1) is 0 Å². The van der Waals surface area contributed by atoms with E-state index in [2.05, 4.69) is 15.9 Å². The summed E-state index contributed by atoms with van der Waals surface area (Å²) in [4.78, 5) is 12.7. The third-order valence-electron chi connectivity index (χ3n) is 3.42. The number of carbonyl (C=O) groups excluding carboxylic acids is 1. The molecule has 0 saturated carbocycles. The first-order valence-electron chi connectivity index (χ1n) is 6.67. The van der Waals surface area contributed by atoms with Crippen molar-refractivity contribution >= 4 is 44.9 Å². The number of carbonyl (C=O) groups is 1. The molecular formula is C17H15BrCl2O2. The first kappa shape index (κ1) is 17.3. The maximum atomic E-state index is 12.7. The second-order valence-electron chi connectivity index (χ2n) is 5.39. The van der Waals surface area contributed by atoms with Gasteiger partial charge in [-0.25, -0.2) is 0 Å². The summed E-state index contributed by atoms with van der Waals surface area (Å²) in [6.45, 7) is 3.70. The monoisotopic (exact) mass is 400 g/mol. The van der Waals surface area contributed by atoms with Crippen LogP contribution in [0.3, 0.4) is 0 Å². The molecule has 0 aromatic heterocycles. The number of Topliss-reactive ketones (excluding diaryl/α,β-unsaturated/α-hetero) is 1. The van der Waals surface area contributed by atoms with Crippen LogP contribution in [0.5, 0.6) is 5.75 Å². The van der Waals surface area contributed by atoms with E-state index in [9.17, 15) is 4.79 Å². The summed E-state index contributed by atoms with van der Waals surface area (Å²) < 4.78 is 5.64. The number of ketones is 1. The van der Waals surface area contributed by atoms with Gasteiger partial charge in [0.05, 0.1) is 5.41 Å². The van der Waals surface area contributed by atoms with Crippen molar-refractivity contribution in [2.45, 2.75) is 24.3 Å². The van der Waals surface area contributed by atoms with E-state index in [-0.39, 0.29) is 5.78 Å². The summed E-state index contributed by atoms with van der Waals surface area (Å²) in [5, 5.41) is 0.454. The molecule has 0 aliphatic carbocycles. The maximum absolute atomic E-state index is 12.7. The number of hydrogen-bond donors (Lipinski definition) is 0. The molecule has 0 N–H and O–H groups in total. The molecule has 2 aromatic carbocycles. The topological polar surface area (TPSA) is 26.3 Å². The molecule has 0 heterocycles. The first-order valence-corrected chi connectivity index (χ1v) is 8.34. The molecule has 2 rings (SSSR count). The minimum absolute atomic E-state index is 0.0929. The van der Waals surface area contributed by atoms with Crippen LogP contribution < -0.4 is 4.74 Å². The molecule has 0 bridgehead atoms. The van der Waals surface area contributed by atoms with E-state index in [1.165, 1.54) is 0 Å². The van der Waals surface area contributed by atoms with Crippen LogP contribution in [0.25, 0.3) is 0 Å². The molecule has 1 unspecified atom stereocenters. The molecule has 116 valence electrons. The lowest BCUT2D eigenvalue weighted by atomic mass is 9.81. The van der Waals surface area contributed by atoms with Crippen molar-refractivity contribution in [2.75, 3.05) is 0 Å². The molecule has 0 fully saturated rings. The van der Waals surface area contributed by atoms with Crippen molar-refractivity contribution < 1.29 is 9.53 Å². The summed E-state index contributed by atoms with van der Waals surface area (Å²) in [7, 11) is 0. The molecule has 2 aromatic rings. The largest absolute Gasteiger partial charge is 0.471 e. The van der Waals surface area contributed by atoms with E-state index in [1.54, 1.807) is 36.4 Å². The Morgan fingerprint density at radius 1 is 1.09 bits per heavy atom. The average molecular weight is 402 g/mol. The van der Waals surface area contributed by atoms with Crippen LogP contribution in [0.15, 0.2) is 48.5 Å². The Hall–Kier alpha value is -1.03. The molecule has 0 aliphatic heterocycles. The van der Waals surface area contributed by atoms with Crippen LogP contribution in [-0.4, -0.2) is 10.8 Å². The zero-order chi connectivity index (χ0) is 16.3. The lowest BCUT2D eigenvalue weighted by Gasteiger charge is -2.26. The van der Waals surface area contributed by atoms with Crippen LogP contribution in [-0.2, 0) is 10.2 Å². The van der Waals surface area contributed by atoms with Crippen LogP contribution in [0.4, 0.5) is 0 Å². The highest BCUT2D eigenvalue weighted by Crippen LogP contribution is 2.30. The van der Waals surface area contributed by atoms with Gasteiger partial charge >= 0.3 is 0 Å². The Bertz CT molecular complexity index is 669. The second-order valence-corrected chi connectivity index (χ2v) is 7.09. The molecule has 2 nitrogen and oxygen atoms in total. The predicted molar refractivity (Wildman–Crippen MR) is 94.3 cm³/mol. The van der Waals surface area contributed by atoms with Crippen LogP contribution in [0, 0.1) is 0 Å². The SMILES string of the molecule is CC(C)(C(=O)C(Br)Oc1ccc(Cl)cc1)c1cccc(Cl)c1. The minimum atomic E-state index is -0.761. The molecule has 0 spiro atoms. The Labute approximate surface area is 148 Å². The fourth-order valence-electron chi connectivity index (χ4n) is 1.99. The summed E-state index contributed by atoms with van der Waals surface area (Å²) in [5.74, 6) is 0.478. The fraction of sp³-hybridized carbons (Fsp3) is 0.235. The zero-order valence-corrected chi connectivity index (χ0v) is 15.2. The highest BCUT2D eigenvalue weighted by Gasteiger charge is 2.35. The predicted octanol–water partition coefficient (Wildman–Crippen LogP) is 5.64. The van der Waals surface area contributed by atoms with E-state index >= 15 is 0 Å². The Kier molecular flexibility index (Phi) is 5.54. The summed E-state index contributed by atoms with van der Waals surface area (Å²) in [5.41, 5.74) is 0.111. The Morgan fingerprint density at radius 3 is 2.32 bits per heavy atom. The molecule has 0 aliphatic rings. The van der Waals surface area contributed by atoms with Crippen molar-refractivity contribution in [3.05, 3.63) is 64.1 Å². The summed E-state index contributed by atoms with van der Waals surface area (Å²) in [6.07, 6.45) is 0. The Balaban J connectivity index is 2.16. The zero-order valence-electron chi connectivity index (χ0n) is 12.1. The fourth-order valence-corrected chi connectivity index (χ4v) is 3.09. The van der Waals surface area contributed by atoms with Crippen molar-refractivity contribution in [2.24, 2.45) is 0 Å². The van der Waals surface area contributed by atoms with Crippen molar-refractivity contribution in [3.8, 4) is 5.75 Å². The van der Waals surface area contributed by atoms with Crippen molar-refractivity contribution in [1.29, 1.82) is 0 Å². The van der Waals surface area contributed by atoms with Crippen molar-refractivity contribution in [1.82, 2.24) is 0 Å². The van der Waals surface area contributed by atoms with Crippen LogP contribution in [0.1, 0.15) is 19.4 Å². The molecule has 1 atom stereocenters. The van der Waals surface area contributed by atoms with Gasteiger partial charge in [0.1, 0.15) is 5.75 Å². The third-order valence-corrected chi connectivity index (χ3v) is 4.51. The first-order chi connectivity index (χ1) is 10.3. The number of alkyl halides is 1. The maximum Gasteiger partial charge on any atom is 0.211 e. The number of hydrogen-bond acceptors (Lipinski definition) is 2. The number of rotatable bonds is 5. The lowest BCUT2D eigenvalue weighted by molar-refractivity contribution is -0.126. The van der Waals surface area contributed by atoms with Gasteiger partial charge < -0.3 is 4.74 Å². The number of benzene rings is 2. The quantitative estimate of drug-likeness (QED) is 0.606. The normalized spacial score (nSPS) is 12.8. The van der Waals surface area contributed by atoms with Crippen molar-refractivity contribution in [3.63, 3.8) is 0 Å². The van der Waals surface area contributed by atoms with E-state index in [1.807, 2.05) is 26.0 Å². The number of ether oxygens (including phenoxy) is 1. The highest BCUT2D eigenvalue weighted by atomic mass is 79.9. The molecule has 0 amide bonds.